The smallest absolute Gasteiger partial charge is 0.0274 e. The molecule has 0 rings (SSSR count). The van der Waals surface area contributed by atoms with Crippen LogP contribution in [0, 0.1) is 0 Å². The quantitative estimate of drug-likeness (QED) is 0.232. The predicted molar refractivity (Wildman–Crippen MR) is 107 cm³/mol. The first kappa shape index (κ1) is 24.9. The highest BCUT2D eigenvalue weighted by atomic mass is 127. The summed E-state index contributed by atoms with van der Waals surface area (Å²) in [6.07, 6.45) is 18.0. The van der Waals surface area contributed by atoms with Gasteiger partial charge in [0.1, 0.15) is 0 Å². The van der Waals surface area contributed by atoms with Gasteiger partial charge in [0.05, 0.1) is 0 Å². The molecule has 0 atom stereocenters. The normalized spacial score (nSPS) is 10.3. The van der Waals surface area contributed by atoms with E-state index in [0.29, 0.717) is 0 Å². The molecule has 0 aromatic rings. The molecule has 0 bridgehead atoms. The number of hydrogen-bond acceptors (Lipinski definition) is 0. The van der Waals surface area contributed by atoms with E-state index in [2.05, 4.69) is 79.3 Å². The van der Waals surface area contributed by atoms with Gasteiger partial charge in [-0.15, -0.1) is 0 Å². The summed E-state index contributed by atoms with van der Waals surface area (Å²) in [5, 5.41) is 0. The topological polar surface area (TPSA) is 31.5 Å². The molecular formula is C16H32I2O. The fraction of sp³-hybridized carbons (Fsp3) is 0.750. The van der Waals surface area contributed by atoms with Crippen LogP contribution in [0.15, 0.2) is 20.3 Å². The number of rotatable bonds is 10. The highest BCUT2D eigenvalue weighted by Crippen LogP contribution is 2.04. The summed E-state index contributed by atoms with van der Waals surface area (Å²) < 4.78 is 4.20. The van der Waals surface area contributed by atoms with Crippen molar-refractivity contribution in [1.29, 1.82) is 0 Å². The summed E-state index contributed by atoms with van der Waals surface area (Å²) >= 11 is 4.54. The minimum Gasteiger partial charge on any atom is -0.412 e. The maximum Gasteiger partial charge on any atom is -0.0274 e. The molecule has 1 nitrogen and oxygen atoms in total. The summed E-state index contributed by atoms with van der Waals surface area (Å²) in [6.45, 7) is 4.49. The van der Waals surface area contributed by atoms with Gasteiger partial charge in [-0.2, -0.15) is 0 Å². The summed E-state index contributed by atoms with van der Waals surface area (Å²) in [7, 11) is 0. The zero-order chi connectivity index (χ0) is 13.9. The molecule has 3 heteroatoms. The second kappa shape index (κ2) is 27.3. The van der Waals surface area contributed by atoms with E-state index in [9.17, 15) is 0 Å². The van der Waals surface area contributed by atoms with E-state index >= 15 is 0 Å². The molecule has 0 aliphatic heterocycles. The SMILES string of the molecule is CCCCCC/C=C/I.CCCCCC/C=C/I.O. The molecule has 0 saturated heterocycles. The van der Waals surface area contributed by atoms with Crippen molar-refractivity contribution < 1.29 is 5.48 Å². The molecule has 0 aliphatic rings. The van der Waals surface area contributed by atoms with Gasteiger partial charge in [0.25, 0.3) is 0 Å². The zero-order valence-corrected chi connectivity index (χ0v) is 17.0. The van der Waals surface area contributed by atoms with Gasteiger partial charge in [-0.3, -0.25) is 0 Å². The monoisotopic (exact) mass is 494 g/mol. The molecule has 0 saturated carbocycles. The van der Waals surface area contributed by atoms with E-state index in [1.807, 2.05) is 0 Å². The highest BCUT2D eigenvalue weighted by molar-refractivity contribution is 14.1. The molecule has 19 heavy (non-hydrogen) atoms. The Morgan fingerprint density at radius 1 is 0.632 bits per heavy atom. The number of allylic oxidation sites excluding steroid dienone is 2. The maximum absolute atomic E-state index is 2.27. The van der Waals surface area contributed by atoms with Gasteiger partial charge in [-0.05, 0) is 33.8 Å². The van der Waals surface area contributed by atoms with Gasteiger partial charge in [-0.25, -0.2) is 0 Å². The first-order valence-electron chi connectivity index (χ1n) is 7.33. The number of halogens is 2. The first-order chi connectivity index (χ1) is 8.83. The fourth-order valence-electron chi connectivity index (χ4n) is 1.50. The van der Waals surface area contributed by atoms with Crippen LogP contribution in [0.25, 0.3) is 0 Å². The van der Waals surface area contributed by atoms with Crippen LogP contribution in [0.3, 0.4) is 0 Å². The van der Waals surface area contributed by atoms with Crippen LogP contribution < -0.4 is 0 Å². The van der Waals surface area contributed by atoms with Crippen molar-refractivity contribution in [3.8, 4) is 0 Å². The third-order valence-corrected chi connectivity index (χ3v) is 3.64. The van der Waals surface area contributed by atoms with Crippen LogP contribution in [0.5, 0.6) is 0 Å². The van der Waals surface area contributed by atoms with Crippen LogP contribution in [-0.4, -0.2) is 5.48 Å². The van der Waals surface area contributed by atoms with E-state index < -0.39 is 0 Å². The van der Waals surface area contributed by atoms with Crippen molar-refractivity contribution in [2.75, 3.05) is 0 Å². The lowest BCUT2D eigenvalue weighted by Crippen LogP contribution is -1.72. The van der Waals surface area contributed by atoms with E-state index in [-0.39, 0.29) is 5.48 Å². The van der Waals surface area contributed by atoms with E-state index in [0.717, 1.165) is 0 Å². The molecule has 0 amide bonds. The standard InChI is InChI=1S/2C8H15I.H2O/c2*1-2-3-4-5-6-7-8-9;/h2*7-8H,2-6H2,1H3;1H2/b2*8-7+;. The summed E-state index contributed by atoms with van der Waals surface area (Å²) in [6, 6.07) is 0. The molecular weight excluding hydrogens is 462 g/mol. The molecule has 0 unspecified atom stereocenters. The third kappa shape index (κ3) is 32.4. The second-order valence-electron chi connectivity index (χ2n) is 4.42. The molecule has 0 aromatic heterocycles. The lowest BCUT2D eigenvalue weighted by Gasteiger charge is -1.92. The number of hydrogen-bond donors (Lipinski definition) is 0. The van der Waals surface area contributed by atoms with Crippen molar-refractivity contribution in [2.45, 2.75) is 78.1 Å². The van der Waals surface area contributed by atoms with E-state index in [1.54, 1.807) is 0 Å². The Hall–Kier alpha value is 0.900. The van der Waals surface area contributed by atoms with Gasteiger partial charge in [0.15, 0.2) is 0 Å². The molecule has 0 heterocycles. The predicted octanol–water partition coefficient (Wildman–Crippen LogP) is 6.99. The zero-order valence-electron chi connectivity index (χ0n) is 12.6. The van der Waals surface area contributed by atoms with Crippen LogP contribution in [-0.2, 0) is 0 Å². The Morgan fingerprint density at radius 2 is 1.00 bits per heavy atom. The van der Waals surface area contributed by atoms with Crippen molar-refractivity contribution in [1.82, 2.24) is 0 Å². The van der Waals surface area contributed by atoms with E-state index in [1.165, 1.54) is 64.2 Å². The Bertz CT molecular complexity index is 160. The highest BCUT2D eigenvalue weighted by Gasteiger charge is 1.83. The molecule has 0 spiro atoms. The lowest BCUT2D eigenvalue weighted by molar-refractivity contribution is 0.675. The van der Waals surface area contributed by atoms with Crippen molar-refractivity contribution in [3.05, 3.63) is 20.3 Å². The average molecular weight is 494 g/mol. The first-order valence-corrected chi connectivity index (χ1v) is 9.83. The van der Waals surface area contributed by atoms with Gasteiger partial charge in [0, 0.05) is 0 Å². The van der Waals surface area contributed by atoms with Crippen molar-refractivity contribution in [2.24, 2.45) is 0 Å². The molecule has 116 valence electrons. The van der Waals surface area contributed by atoms with Crippen molar-refractivity contribution in [3.63, 3.8) is 0 Å². The summed E-state index contributed by atoms with van der Waals surface area (Å²) in [4.78, 5) is 0. The molecule has 0 aliphatic carbocycles. The Labute approximate surface area is 148 Å². The van der Waals surface area contributed by atoms with Gasteiger partial charge in [0.2, 0.25) is 0 Å². The summed E-state index contributed by atoms with van der Waals surface area (Å²) in [5.74, 6) is 0. The fourth-order valence-corrected chi connectivity index (χ4v) is 2.22. The largest absolute Gasteiger partial charge is 0.412 e. The van der Waals surface area contributed by atoms with Crippen molar-refractivity contribution >= 4 is 45.2 Å². The lowest BCUT2D eigenvalue weighted by atomic mass is 10.2. The van der Waals surface area contributed by atoms with Crippen LogP contribution in [0.2, 0.25) is 0 Å². The Kier molecular flexibility index (Phi) is 35.7. The average Bonchev–Trinajstić information content (AvgIpc) is 2.39. The van der Waals surface area contributed by atoms with Crippen LogP contribution in [0.1, 0.15) is 78.1 Å². The van der Waals surface area contributed by atoms with Gasteiger partial charge >= 0.3 is 0 Å². The van der Waals surface area contributed by atoms with Crippen LogP contribution in [0.4, 0.5) is 0 Å². The van der Waals surface area contributed by atoms with E-state index in [4.69, 9.17) is 0 Å². The van der Waals surface area contributed by atoms with Gasteiger partial charge in [-0.1, -0.05) is 110 Å². The minimum atomic E-state index is 0. The maximum atomic E-state index is 2.27. The number of unbranched alkanes of at least 4 members (excludes halogenated alkanes) is 8. The molecule has 0 aromatic carbocycles. The Morgan fingerprint density at radius 3 is 1.26 bits per heavy atom. The second-order valence-corrected chi connectivity index (χ2v) is 5.86. The van der Waals surface area contributed by atoms with Gasteiger partial charge < -0.3 is 5.48 Å². The summed E-state index contributed by atoms with van der Waals surface area (Å²) in [5.41, 5.74) is 0. The molecule has 0 fully saturated rings. The minimum absolute atomic E-state index is 0. The third-order valence-electron chi connectivity index (χ3n) is 2.63. The molecule has 2 N–H and O–H groups in total. The van der Waals surface area contributed by atoms with Crippen LogP contribution >= 0.6 is 45.2 Å². The Balaban J connectivity index is -0.000000256. The molecule has 0 radical (unpaired) electrons.